The van der Waals surface area contributed by atoms with Gasteiger partial charge in [0.15, 0.2) is 5.11 Å². The van der Waals surface area contributed by atoms with Crippen LogP contribution in [0.4, 0.5) is 5.69 Å². The molecule has 0 radical (unpaired) electrons. The van der Waals surface area contributed by atoms with Gasteiger partial charge in [-0.1, -0.05) is 30.3 Å². The van der Waals surface area contributed by atoms with Gasteiger partial charge < -0.3 is 20.7 Å². The van der Waals surface area contributed by atoms with E-state index >= 15 is 0 Å². The van der Waals surface area contributed by atoms with E-state index in [1.54, 1.807) is 31.4 Å². The second-order valence-corrected chi connectivity index (χ2v) is 6.58. The Hall–Kier alpha value is -2.77. The van der Waals surface area contributed by atoms with Crippen molar-refractivity contribution in [1.29, 1.82) is 0 Å². The van der Waals surface area contributed by atoms with Crippen molar-refractivity contribution in [1.82, 2.24) is 10.6 Å². The van der Waals surface area contributed by atoms with Crippen molar-refractivity contribution >= 4 is 34.8 Å². The molecule has 0 saturated carbocycles. The largest absolute Gasteiger partial charge is 0.385 e. The monoisotopic (exact) mass is 399 g/mol. The number of carbonyl (C=O) groups excluding carboxylic acids is 2. The summed E-state index contributed by atoms with van der Waals surface area (Å²) in [6, 6.07) is 16.7. The molecule has 2 rings (SSSR count). The van der Waals surface area contributed by atoms with Crippen molar-refractivity contribution in [3.8, 4) is 0 Å². The summed E-state index contributed by atoms with van der Waals surface area (Å²) in [5, 5.41) is 8.67. The van der Waals surface area contributed by atoms with Gasteiger partial charge in [-0.3, -0.25) is 9.59 Å². The molecule has 0 aliphatic rings. The molecule has 28 heavy (non-hydrogen) atoms. The summed E-state index contributed by atoms with van der Waals surface area (Å²) in [5.41, 5.74) is 2.36. The molecule has 0 unspecified atom stereocenters. The predicted octanol–water partition coefficient (Wildman–Crippen LogP) is 2.90. The van der Waals surface area contributed by atoms with Crippen LogP contribution in [-0.4, -0.2) is 37.2 Å². The molecule has 0 atom stereocenters. The summed E-state index contributed by atoms with van der Waals surface area (Å²) in [7, 11) is 1.63. The fraction of sp³-hybridized carbons (Fsp3) is 0.286. The first-order valence-electron chi connectivity index (χ1n) is 9.10. The molecule has 148 valence electrons. The molecule has 6 nitrogen and oxygen atoms in total. The summed E-state index contributed by atoms with van der Waals surface area (Å²) >= 11 is 5.18. The summed E-state index contributed by atoms with van der Waals surface area (Å²) in [5.74, 6) is -0.284. The maximum absolute atomic E-state index is 12.0. The molecule has 3 N–H and O–H groups in total. The number of benzene rings is 2. The number of thiocarbonyl (C=S) groups is 1. The Morgan fingerprint density at radius 1 is 1.04 bits per heavy atom. The molecular formula is C21H25N3O3S. The second kappa shape index (κ2) is 11.8. The molecule has 2 aromatic rings. The van der Waals surface area contributed by atoms with Crippen molar-refractivity contribution in [3.63, 3.8) is 0 Å². The minimum absolute atomic E-state index is 0.139. The van der Waals surface area contributed by atoms with E-state index in [0.717, 1.165) is 12.0 Å². The number of carbonyl (C=O) groups is 2. The number of ether oxygens (including phenoxy) is 1. The zero-order chi connectivity index (χ0) is 20.2. The van der Waals surface area contributed by atoms with E-state index in [0.29, 0.717) is 37.2 Å². The zero-order valence-corrected chi connectivity index (χ0v) is 16.7. The van der Waals surface area contributed by atoms with E-state index in [2.05, 4.69) is 16.0 Å². The Morgan fingerprint density at radius 3 is 2.43 bits per heavy atom. The molecule has 2 aromatic carbocycles. The van der Waals surface area contributed by atoms with Crippen LogP contribution < -0.4 is 16.0 Å². The molecule has 0 spiro atoms. The summed E-state index contributed by atoms with van der Waals surface area (Å²) in [6.07, 6.45) is 1.78. The third-order valence-electron chi connectivity index (χ3n) is 3.95. The molecule has 0 heterocycles. The van der Waals surface area contributed by atoms with Crippen LogP contribution in [-0.2, 0) is 16.0 Å². The van der Waals surface area contributed by atoms with Crippen molar-refractivity contribution in [3.05, 3.63) is 65.7 Å². The van der Waals surface area contributed by atoms with Crippen molar-refractivity contribution in [2.75, 3.05) is 25.6 Å². The highest BCUT2D eigenvalue weighted by molar-refractivity contribution is 7.80. The van der Waals surface area contributed by atoms with Crippen LogP contribution in [0.25, 0.3) is 0 Å². The predicted molar refractivity (Wildman–Crippen MR) is 114 cm³/mol. The van der Waals surface area contributed by atoms with E-state index in [1.807, 2.05) is 30.3 Å². The maximum Gasteiger partial charge on any atom is 0.251 e. The highest BCUT2D eigenvalue weighted by atomic mass is 32.1. The molecular weight excluding hydrogens is 374 g/mol. The lowest BCUT2D eigenvalue weighted by atomic mass is 10.1. The lowest BCUT2D eigenvalue weighted by molar-refractivity contribution is -0.119. The standard InChI is InChI=1S/C21H25N3O3S/c1-27-15-5-14-22-20(26)17-9-11-18(12-10-17)23-21(28)24-19(25)13-8-16-6-3-2-4-7-16/h2-4,6-7,9-12H,5,8,13-15H2,1H3,(H,22,26)(H2,23,24,25,28). The Balaban J connectivity index is 1.74. The third kappa shape index (κ3) is 7.85. The molecule has 7 heteroatoms. The zero-order valence-electron chi connectivity index (χ0n) is 15.9. The van der Waals surface area contributed by atoms with E-state index in [9.17, 15) is 9.59 Å². The van der Waals surface area contributed by atoms with Gasteiger partial charge in [-0.15, -0.1) is 0 Å². The number of anilines is 1. The average Bonchev–Trinajstić information content (AvgIpc) is 2.71. The van der Waals surface area contributed by atoms with Crippen LogP contribution in [0.5, 0.6) is 0 Å². The van der Waals surface area contributed by atoms with Crippen LogP contribution in [0.15, 0.2) is 54.6 Å². The first-order valence-corrected chi connectivity index (χ1v) is 9.51. The quantitative estimate of drug-likeness (QED) is 0.446. The van der Waals surface area contributed by atoms with Gasteiger partial charge in [-0.05, 0) is 54.9 Å². The Kier molecular flexibility index (Phi) is 9.10. The molecule has 0 aromatic heterocycles. The topological polar surface area (TPSA) is 79.5 Å². The Morgan fingerprint density at radius 2 is 1.75 bits per heavy atom. The van der Waals surface area contributed by atoms with Gasteiger partial charge in [-0.25, -0.2) is 0 Å². The summed E-state index contributed by atoms with van der Waals surface area (Å²) in [4.78, 5) is 24.0. The molecule has 0 aliphatic heterocycles. The fourth-order valence-corrected chi connectivity index (χ4v) is 2.71. The maximum atomic E-state index is 12.0. The smallest absolute Gasteiger partial charge is 0.251 e. The van der Waals surface area contributed by atoms with Gasteiger partial charge in [0.1, 0.15) is 0 Å². The van der Waals surface area contributed by atoms with Gasteiger partial charge in [-0.2, -0.15) is 0 Å². The number of rotatable bonds is 9. The van der Waals surface area contributed by atoms with Crippen LogP contribution in [0.1, 0.15) is 28.8 Å². The molecule has 2 amide bonds. The second-order valence-electron chi connectivity index (χ2n) is 6.17. The number of hydrogen-bond acceptors (Lipinski definition) is 4. The average molecular weight is 400 g/mol. The molecule has 0 saturated heterocycles. The van der Waals surface area contributed by atoms with Gasteiger partial charge in [0.05, 0.1) is 0 Å². The lowest BCUT2D eigenvalue weighted by Gasteiger charge is -2.10. The lowest BCUT2D eigenvalue weighted by Crippen LogP contribution is -2.34. The van der Waals surface area contributed by atoms with Crippen LogP contribution in [0.3, 0.4) is 0 Å². The van der Waals surface area contributed by atoms with E-state index < -0.39 is 0 Å². The molecule has 0 fully saturated rings. The van der Waals surface area contributed by atoms with Crippen LogP contribution >= 0.6 is 12.2 Å². The first kappa shape index (κ1) is 21.5. The van der Waals surface area contributed by atoms with Crippen LogP contribution in [0.2, 0.25) is 0 Å². The van der Waals surface area contributed by atoms with Crippen LogP contribution in [0, 0.1) is 0 Å². The Labute approximate surface area is 170 Å². The van der Waals surface area contributed by atoms with Crippen molar-refractivity contribution in [2.45, 2.75) is 19.3 Å². The summed E-state index contributed by atoms with van der Waals surface area (Å²) in [6.45, 7) is 1.17. The number of nitrogens with one attached hydrogen (secondary N) is 3. The normalized spacial score (nSPS) is 10.2. The van der Waals surface area contributed by atoms with Gasteiger partial charge in [0.2, 0.25) is 5.91 Å². The third-order valence-corrected chi connectivity index (χ3v) is 4.16. The molecule has 0 aliphatic carbocycles. The minimum atomic E-state index is -0.145. The van der Waals surface area contributed by atoms with Gasteiger partial charge in [0, 0.05) is 37.9 Å². The number of amides is 2. The van der Waals surface area contributed by atoms with E-state index in [-0.39, 0.29) is 16.9 Å². The minimum Gasteiger partial charge on any atom is -0.385 e. The molecule has 0 bridgehead atoms. The van der Waals surface area contributed by atoms with Gasteiger partial charge in [0.25, 0.3) is 5.91 Å². The summed E-state index contributed by atoms with van der Waals surface area (Å²) < 4.78 is 4.95. The van der Waals surface area contributed by atoms with Crippen molar-refractivity contribution < 1.29 is 14.3 Å². The number of hydrogen-bond donors (Lipinski definition) is 3. The van der Waals surface area contributed by atoms with Gasteiger partial charge >= 0.3 is 0 Å². The highest BCUT2D eigenvalue weighted by Gasteiger charge is 2.07. The SMILES string of the molecule is COCCCNC(=O)c1ccc(NC(=S)NC(=O)CCc2ccccc2)cc1. The van der Waals surface area contributed by atoms with E-state index in [4.69, 9.17) is 17.0 Å². The number of methoxy groups -OCH3 is 1. The fourth-order valence-electron chi connectivity index (χ4n) is 2.48. The van der Waals surface area contributed by atoms with Crippen molar-refractivity contribution in [2.24, 2.45) is 0 Å². The van der Waals surface area contributed by atoms with E-state index in [1.165, 1.54) is 0 Å². The highest BCUT2D eigenvalue weighted by Crippen LogP contribution is 2.10. The number of aryl methyl sites for hydroxylation is 1. The first-order chi connectivity index (χ1) is 13.6. The Bertz CT molecular complexity index is 779.